The summed E-state index contributed by atoms with van der Waals surface area (Å²) < 4.78 is 5.77. The van der Waals surface area contributed by atoms with Crippen molar-refractivity contribution in [3.05, 3.63) is 16.2 Å². The van der Waals surface area contributed by atoms with E-state index in [0.717, 1.165) is 35.5 Å². The molecule has 0 unspecified atom stereocenters. The van der Waals surface area contributed by atoms with Crippen LogP contribution in [0.2, 0.25) is 5.28 Å². The minimum absolute atomic E-state index is 0.161. The Balaban J connectivity index is 2.07. The fourth-order valence-corrected chi connectivity index (χ4v) is 3.72. The van der Waals surface area contributed by atoms with E-state index < -0.39 is 0 Å². The lowest BCUT2D eigenvalue weighted by Gasteiger charge is -2.39. The third kappa shape index (κ3) is 2.62. The van der Waals surface area contributed by atoms with Gasteiger partial charge in [-0.2, -0.15) is 4.98 Å². The summed E-state index contributed by atoms with van der Waals surface area (Å²) in [6.45, 7) is 8.71. The first-order chi connectivity index (χ1) is 9.48. The van der Waals surface area contributed by atoms with E-state index in [1.807, 2.05) is 0 Å². The maximum Gasteiger partial charge on any atom is 0.225 e. The van der Waals surface area contributed by atoms with Gasteiger partial charge in [0.25, 0.3) is 0 Å². The molecule has 108 valence electrons. The minimum atomic E-state index is -0.161. The van der Waals surface area contributed by atoms with E-state index in [2.05, 4.69) is 41.7 Å². The third-order valence-corrected chi connectivity index (χ3v) is 4.81. The zero-order valence-corrected chi connectivity index (χ0v) is 13.5. The first-order valence-electron chi connectivity index (χ1n) is 6.83. The number of fused-ring (bicyclic) bond motifs is 1. The number of aryl methyl sites for hydroxylation is 1. The Morgan fingerprint density at radius 3 is 2.95 bits per heavy atom. The van der Waals surface area contributed by atoms with Gasteiger partial charge in [-0.15, -0.1) is 11.3 Å². The van der Waals surface area contributed by atoms with Crippen molar-refractivity contribution >= 4 is 39.0 Å². The van der Waals surface area contributed by atoms with Crippen LogP contribution in [0.5, 0.6) is 0 Å². The van der Waals surface area contributed by atoms with E-state index in [4.69, 9.17) is 16.3 Å². The van der Waals surface area contributed by atoms with Crippen LogP contribution in [-0.2, 0) is 11.2 Å². The fraction of sp³-hybridized carbons (Fsp3) is 0.571. The van der Waals surface area contributed by atoms with Crippen LogP contribution < -0.4 is 4.90 Å². The Hall–Kier alpha value is -0.910. The fourth-order valence-electron chi connectivity index (χ4n) is 2.54. The summed E-state index contributed by atoms with van der Waals surface area (Å²) in [5, 5.41) is 1.43. The molecular weight excluding hydrogens is 294 g/mol. The molecule has 1 aliphatic heterocycles. The topological polar surface area (TPSA) is 38.2 Å². The number of anilines is 1. The quantitative estimate of drug-likeness (QED) is 0.795. The van der Waals surface area contributed by atoms with Crippen molar-refractivity contribution in [3.63, 3.8) is 0 Å². The van der Waals surface area contributed by atoms with Gasteiger partial charge in [-0.05, 0) is 37.9 Å². The van der Waals surface area contributed by atoms with E-state index in [0.29, 0.717) is 11.9 Å². The summed E-state index contributed by atoms with van der Waals surface area (Å²) >= 11 is 7.79. The highest BCUT2D eigenvalue weighted by Gasteiger charge is 2.29. The molecule has 1 saturated heterocycles. The van der Waals surface area contributed by atoms with Crippen LogP contribution >= 0.6 is 22.9 Å². The first-order valence-corrected chi connectivity index (χ1v) is 8.03. The Morgan fingerprint density at radius 1 is 1.45 bits per heavy atom. The van der Waals surface area contributed by atoms with Gasteiger partial charge in [-0.25, -0.2) is 4.98 Å². The number of halogens is 1. The standard InChI is InChI=1S/C14H18ClN3OS/c1-4-9-7-10-11(16-13(15)17-12(10)20-9)18-5-6-19-14(2,3)8-18/h7H,4-6,8H2,1-3H3. The number of ether oxygens (including phenoxy) is 1. The zero-order valence-electron chi connectivity index (χ0n) is 11.9. The van der Waals surface area contributed by atoms with E-state index in [1.165, 1.54) is 4.88 Å². The molecule has 20 heavy (non-hydrogen) atoms. The van der Waals surface area contributed by atoms with Gasteiger partial charge in [-0.1, -0.05) is 6.92 Å². The lowest BCUT2D eigenvalue weighted by atomic mass is 10.1. The van der Waals surface area contributed by atoms with Crippen molar-refractivity contribution in [3.8, 4) is 0 Å². The second-order valence-electron chi connectivity index (χ2n) is 5.63. The monoisotopic (exact) mass is 311 g/mol. The molecule has 0 saturated carbocycles. The molecule has 0 aliphatic carbocycles. The maximum absolute atomic E-state index is 6.09. The molecular formula is C14H18ClN3OS. The lowest BCUT2D eigenvalue weighted by molar-refractivity contribution is -0.0278. The highest BCUT2D eigenvalue weighted by atomic mass is 35.5. The third-order valence-electron chi connectivity index (χ3n) is 3.47. The zero-order chi connectivity index (χ0) is 14.3. The van der Waals surface area contributed by atoms with Crippen LogP contribution in [0.25, 0.3) is 10.2 Å². The first kappa shape index (κ1) is 14.0. The van der Waals surface area contributed by atoms with Crippen LogP contribution in [0.3, 0.4) is 0 Å². The predicted octanol–water partition coefficient (Wildman–Crippen LogP) is 3.52. The smallest absolute Gasteiger partial charge is 0.225 e. The van der Waals surface area contributed by atoms with Gasteiger partial charge in [-0.3, -0.25) is 0 Å². The number of morpholine rings is 1. The minimum Gasteiger partial charge on any atom is -0.372 e. The van der Waals surface area contributed by atoms with Crippen molar-refractivity contribution in [2.24, 2.45) is 0 Å². The Morgan fingerprint density at radius 2 is 2.25 bits per heavy atom. The molecule has 2 aromatic heterocycles. The van der Waals surface area contributed by atoms with Crippen molar-refractivity contribution in [2.45, 2.75) is 32.8 Å². The molecule has 1 fully saturated rings. The summed E-state index contributed by atoms with van der Waals surface area (Å²) in [6, 6.07) is 2.19. The van der Waals surface area contributed by atoms with Crippen molar-refractivity contribution in [1.82, 2.24) is 9.97 Å². The van der Waals surface area contributed by atoms with Gasteiger partial charge in [0, 0.05) is 18.0 Å². The van der Waals surface area contributed by atoms with Gasteiger partial charge in [0.2, 0.25) is 5.28 Å². The van der Waals surface area contributed by atoms with E-state index in [-0.39, 0.29) is 5.60 Å². The normalized spacial score (nSPS) is 18.7. The molecule has 4 nitrogen and oxygen atoms in total. The average Bonchev–Trinajstić information content (AvgIpc) is 2.79. The summed E-state index contributed by atoms with van der Waals surface area (Å²) in [5.41, 5.74) is -0.161. The number of nitrogens with zero attached hydrogens (tertiary/aromatic N) is 3. The summed E-state index contributed by atoms with van der Waals surface area (Å²) in [7, 11) is 0. The van der Waals surface area contributed by atoms with Crippen LogP contribution in [0.15, 0.2) is 6.07 Å². The maximum atomic E-state index is 6.09. The van der Waals surface area contributed by atoms with Crippen LogP contribution in [0.1, 0.15) is 25.6 Å². The molecule has 0 amide bonds. The Labute approximate surface area is 127 Å². The average molecular weight is 312 g/mol. The molecule has 3 rings (SSSR count). The molecule has 1 aliphatic rings. The van der Waals surface area contributed by atoms with Crippen LogP contribution in [0.4, 0.5) is 5.82 Å². The van der Waals surface area contributed by atoms with Crippen molar-refractivity contribution < 1.29 is 4.74 Å². The second-order valence-corrected chi connectivity index (χ2v) is 7.08. The number of rotatable bonds is 2. The molecule has 0 atom stereocenters. The highest BCUT2D eigenvalue weighted by molar-refractivity contribution is 7.18. The summed E-state index contributed by atoms with van der Waals surface area (Å²) in [6.07, 6.45) is 1.01. The molecule has 0 N–H and O–H groups in total. The van der Waals surface area contributed by atoms with E-state index in [9.17, 15) is 0 Å². The summed E-state index contributed by atoms with van der Waals surface area (Å²) in [5.74, 6) is 0.937. The highest BCUT2D eigenvalue weighted by Crippen LogP contribution is 2.34. The van der Waals surface area contributed by atoms with Crippen LogP contribution in [-0.4, -0.2) is 35.3 Å². The van der Waals surface area contributed by atoms with Gasteiger partial charge < -0.3 is 9.64 Å². The Bertz CT molecular complexity index is 641. The summed E-state index contributed by atoms with van der Waals surface area (Å²) in [4.78, 5) is 13.4. The molecule has 0 radical (unpaired) electrons. The number of aromatic nitrogens is 2. The predicted molar refractivity (Wildman–Crippen MR) is 84.0 cm³/mol. The molecule has 0 aromatic carbocycles. The molecule has 6 heteroatoms. The SMILES string of the molecule is CCc1cc2c(N3CCOC(C)(C)C3)nc(Cl)nc2s1. The number of thiophene rings is 1. The molecule has 0 bridgehead atoms. The molecule has 0 spiro atoms. The molecule has 2 aromatic rings. The van der Waals surface area contributed by atoms with Gasteiger partial charge in [0.05, 0.1) is 17.6 Å². The van der Waals surface area contributed by atoms with Gasteiger partial charge >= 0.3 is 0 Å². The number of hydrogen-bond donors (Lipinski definition) is 0. The Kier molecular flexibility index (Phi) is 3.60. The van der Waals surface area contributed by atoms with Crippen molar-refractivity contribution in [1.29, 1.82) is 0 Å². The second kappa shape index (κ2) is 5.13. The molecule has 3 heterocycles. The lowest BCUT2D eigenvalue weighted by Crippen LogP contribution is -2.48. The van der Waals surface area contributed by atoms with Gasteiger partial charge in [0.15, 0.2) is 0 Å². The van der Waals surface area contributed by atoms with Crippen LogP contribution in [0, 0.1) is 0 Å². The largest absolute Gasteiger partial charge is 0.372 e. The van der Waals surface area contributed by atoms with Gasteiger partial charge in [0.1, 0.15) is 10.6 Å². The number of hydrogen-bond acceptors (Lipinski definition) is 5. The van der Waals surface area contributed by atoms with Crippen molar-refractivity contribution in [2.75, 3.05) is 24.6 Å². The van der Waals surface area contributed by atoms with E-state index in [1.54, 1.807) is 11.3 Å². The van der Waals surface area contributed by atoms with E-state index >= 15 is 0 Å².